The van der Waals surface area contributed by atoms with Crippen molar-refractivity contribution in [3.8, 4) is 33.4 Å². The second-order valence-electron chi connectivity index (χ2n) is 24.9. The van der Waals surface area contributed by atoms with Crippen molar-refractivity contribution in [3.05, 3.63) is 94.0 Å². The SMILES string of the molecule is CCCCCCCC1C[C@]23CC(CCCCCCC)C[C@@]2(C1)c1cc(-c2c(C)cc(B4OC(C)(C)C(C)(C)O4)cc2C)ccc1-c1ccc(-c2c(C)cc(B4OC(C)(C)C(C)(C)O4)cc2C)cc13. The van der Waals surface area contributed by atoms with Crippen LogP contribution in [0.5, 0.6) is 0 Å². The van der Waals surface area contributed by atoms with E-state index < -0.39 is 0 Å². The second-order valence-corrected chi connectivity index (χ2v) is 24.9. The minimum Gasteiger partial charge on any atom is -0.399 e. The highest BCUT2D eigenvalue weighted by atomic mass is 16.7. The zero-order valence-electron chi connectivity index (χ0n) is 45.0. The van der Waals surface area contributed by atoms with Gasteiger partial charge in [-0.2, -0.15) is 0 Å². The third kappa shape index (κ3) is 8.53. The summed E-state index contributed by atoms with van der Waals surface area (Å²) in [7, 11) is -0.738. The molecule has 5 aliphatic rings. The van der Waals surface area contributed by atoms with Crippen LogP contribution in [0.2, 0.25) is 0 Å². The lowest BCUT2D eigenvalue weighted by Crippen LogP contribution is -2.43. The quantitative estimate of drug-likeness (QED) is 0.0829. The van der Waals surface area contributed by atoms with Crippen molar-refractivity contribution in [2.24, 2.45) is 11.8 Å². The summed E-state index contributed by atoms with van der Waals surface area (Å²) in [6.45, 7) is 31.1. The van der Waals surface area contributed by atoms with E-state index in [1.54, 1.807) is 11.1 Å². The lowest BCUT2D eigenvalue weighted by atomic mass is 9.55. The van der Waals surface area contributed by atoms with Crippen LogP contribution in [0.15, 0.2) is 60.7 Å². The molecule has 3 aliphatic carbocycles. The van der Waals surface area contributed by atoms with Crippen LogP contribution in [0.3, 0.4) is 0 Å². The van der Waals surface area contributed by atoms with Crippen LogP contribution in [0.4, 0.5) is 0 Å². The summed E-state index contributed by atoms with van der Waals surface area (Å²) in [5.41, 5.74) is 17.8. The van der Waals surface area contributed by atoms with Crippen molar-refractivity contribution in [1.82, 2.24) is 0 Å². The number of aryl methyl sites for hydroxylation is 4. The lowest BCUT2D eigenvalue weighted by Gasteiger charge is -2.48. The highest BCUT2D eigenvalue weighted by Gasteiger charge is 2.66. The smallest absolute Gasteiger partial charge is 0.399 e. The average Bonchev–Trinajstić information content (AvgIpc) is 3.90. The third-order valence-corrected chi connectivity index (χ3v) is 19.0. The van der Waals surface area contributed by atoms with Gasteiger partial charge in [0.25, 0.3) is 0 Å². The minimum absolute atomic E-state index is 0.112. The second kappa shape index (κ2) is 18.5. The summed E-state index contributed by atoms with van der Waals surface area (Å²) in [6.07, 6.45) is 21.5. The van der Waals surface area contributed by atoms with E-state index in [4.69, 9.17) is 18.6 Å². The van der Waals surface area contributed by atoms with Gasteiger partial charge in [-0.25, -0.2) is 0 Å². The van der Waals surface area contributed by atoms with Gasteiger partial charge in [0.2, 0.25) is 0 Å². The Balaban J connectivity index is 1.16. The molecule has 9 rings (SSSR count). The van der Waals surface area contributed by atoms with E-state index in [-0.39, 0.29) is 47.5 Å². The minimum atomic E-state index is -0.375. The number of hydrogen-bond donors (Lipinski definition) is 0. The predicted molar refractivity (Wildman–Crippen MR) is 289 cm³/mol. The molecule has 0 atom stereocenters. The summed E-state index contributed by atoms with van der Waals surface area (Å²) < 4.78 is 26.3. The molecule has 4 aromatic rings. The number of fused-ring (bicyclic) bond motifs is 3. The molecule has 364 valence electrons. The highest BCUT2D eigenvalue weighted by Crippen LogP contribution is 2.73. The van der Waals surface area contributed by atoms with Gasteiger partial charge in [-0.3, -0.25) is 0 Å². The Morgan fingerprint density at radius 2 is 0.735 bits per heavy atom. The average molecular weight is 917 g/mol. The topological polar surface area (TPSA) is 36.9 Å². The van der Waals surface area contributed by atoms with E-state index in [1.807, 2.05) is 0 Å². The lowest BCUT2D eigenvalue weighted by molar-refractivity contribution is 0.00578. The molecule has 0 amide bonds. The number of unbranched alkanes of at least 4 members (excludes halogenated alkanes) is 8. The van der Waals surface area contributed by atoms with Crippen LogP contribution >= 0.6 is 0 Å². The number of benzene rings is 4. The fourth-order valence-corrected chi connectivity index (χ4v) is 14.3. The van der Waals surface area contributed by atoms with Gasteiger partial charge >= 0.3 is 14.2 Å². The van der Waals surface area contributed by atoms with E-state index in [9.17, 15) is 0 Å². The van der Waals surface area contributed by atoms with E-state index in [0.717, 1.165) is 22.8 Å². The van der Waals surface area contributed by atoms with Crippen molar-refractivity contribution < 1.29 is 18.6 Å². The van der Waals surface area contributed by atoms with Crippen LogP contribution < -0.4 is 10.9 Å². The third-order valence-electron chi connectivity index (χ3n) is 19.0. The fraction of sp³-hybridized carbons (Fsp3) is 0.613. The Morgan fingerprint density at radius 1 is 0.426 bits per heavy atom. The molecule has 68 heavy (non-hydrogen) atoms. The molecule has 0 unspecified atom stereocenters. The summed E-state index contributed by atoms with van der Waals surface area (Å²) in [5.74, 6) is 1.47. The molecule has 2 saturated carbocycles. The normalized spacial score (nSPS) is 26.0. The molecule has 4 nitrogen and oxygen atoms in total. The summed E-state index contributed by atoms with van der Waals surface area (Å²) >= 11 is 0. The van der Waals surface area contributed by atoms with Crippen LogP contribution in [-0.2, 0) is 29.4 Å². The predicted octanol–water partition coefficient (Wildman–Crippen LogP) is 15.5. The van der Waals surface area contributed by atoms with Gasteiger partial charge in [0.1, 0.15) is 0 Å². The van der Waals surface area contributed by atoms with E-state index in [0.29, 0.717) is 0 Å². The van der Waals surface area contributed by atoms with Crippen molar-refractivity contribution in [1.29, 1.82) is 0 Å². The Hall–Kier alpha value is -3.15. The summed E-state index contributed by atoms with van der Waals surface area (Å²) in [4.78, 5) is 0. The first-order chi connectivity index (χ1) is 32.2. The number of rotatable bonds is 16. The van der Waals surface area contributed by atoms with Crippen molar-refractivity contribution in [2.75, 3.05) is 0 Å². The standard InChI is InChI=1S/C62H86B2O4/c1-15-17-19-21-23-25-45-37-61-39-46(26-24-22-20-18-16-2)40-62(61,38-45)54-36-48(56-43(5)33-50(34-44(56)6)64-67-59(11,12)60(13,14)68-64)28-30-52(54)51-29-27-47(35-53(51)61)55-41(3)31-49(32-42(55)4)63-65-57(7,8)58(9,10)66-63/h27-36,45-46H,15-26,37-40H2,1-14H3/t45?,46?,61-,62+. The molecular weight excluding hydrogens is 830 g/mol. The largest absolute Gasteiger partial charge is 0.494 e. The molecule has 4 fully saturated rings. The van der Waals surface area contributed by atoms with Gasteiger partial charge in [0, 0.05) is 10.8 Å². The molecule has 0 bridgehead atoms. The van der Waals surface area contributed by atoms with Gasteiger partial charge < -0.3 is 18.6 Å². The molecule has 2 aliphatic heterocycles. The maximum absolute atomic E-state index is 6.58. The maximum Gasteiger partial charge on any atom is 0.494 e. The molecule has 6 heteroatoms. The Morgan fingerprint density at radius 3 is 1.04 bits per heavy atom. The Bertz CT molecular complexity index is 2250. The van der Waals surface area contributed by atoms with E-state index in [2.05, 4.69) is 158 Å². The maximum atomic E-state index is 6.58. The molecule has 0 radical (unpaired) electrons. The zero-order valence-corrected chi connectivity index (χ0v) is 45.0. The molecule has 0 N–H and O–H groups in total. The Labute approximate surface area is 414 Å². The first-order valence-electron chi connectivity index (χ1n) is 27.4. The zero-order chi connectivity index (χ0) is 48.6. The van der Waals surface area contributed by atoms with Crippen molar-refractivity contribution >= 4 is 25.2 Å². The molecule has 2 heterocycles. The molecule has 0 spiro atoms. The van der Waals surface area contributed by atoms with Crippen molar-refractivity contribution in [3.63, 3.8) is 0 Å². The molecule has 2 saturated heterocycles. The van der Waals surface area contributed by atoms with Gasteiger partial charge in [0.05, 0.1) is 22.4 Å². The number of hydrogen-bond acceptors (Lipinski definition) is 4. The van der Waals surface area contributed by atoms with Gasteiger partial charge in [0.15, 0.2) is 0 Å². The molecule has 0 aromatic heterocycles. The fourth-order valence-electron chi connectivity index (χ4n) is 14.3. The van der Waals surface area contributed by atoms with Gasteiger partial charge in [-0.15, -0.1) is 0 Å². The van der Waals surface area contributed by atoms with Gasteiger partial charge in [-0.1, -0.05) is 139 Å². The molecule has 4 aromatic carbocycles. The van der Waals surface area contributed by atoms with Crippen molar-refractivity contribution in [2.45, 2.75) is 233 Å². The summed E-state index contributed by atoms with van der Waals surface area (Å²) in [6, 6.07) is 24.7. The Kier molecular flexibility index (Phi) is 13.5. The van der Waals surface area contributed by atoms with Crippen LogP contribution in [0.25, 0.3) is 33.4 Å². The van der Waals surface area contributed by atoms with Gasteiger partial charge in [-0.05, 0) is 210 Å². The summed E-state index contributed by atoms with van der Waals surface area (Å²) in [5, 5.41) is 0. The highest BCUT2D eigenvalue weighted by molar-refractivity contribution is 6.62. The monoisotopic (exact) mass is 917 g/mol. The first-order valence-corrected chi connectivity index (χ1v) is 27.4. The van der Waals surface area contributed by atoms with E-state index >= 15 is 0 Å². The van der Waals surface area contributed by atoms with Crippen LogP contribution in [0.1, 0.15) is 205 Å². The van der Waals surface area contributed by atoms with E-state index in [1.165, 1.54) is 158 Å². The van der Waals surface area contributed by atoms with Crippen LogP contribution in [-0.4, -0.2) is 36.6 Å². The first kappa shape index (κ1) is 49.8. The van der Waals surface area contributed by atoms with Crippen LogP contribution in [0, 0.1) is 39.5 Å². The molecular formula is C62H86B2O4.